The van der Waals surface area contributed by atoms with Crippen molar-refractivity contribution in [1.82, 2.24) is 14.8 Å². The molecular formula is C37H42N4O4. The first-order valence-electron chi connectivity index (χ1n) is 16.3. The van der Waals surface area contributed by atoms with Crippen molar-refractivity contribution in [3.63, 3.8) is 0 Å². The van der Waals surface area contributed by atoms with Crippen LogP contribution in [0.25, 0.3) is 22.0 Å². The fraction of sp³-hybridized carbons (Fsp3) is 0.405. The van der Waals surface area contributed by atoms with Gasteiger partial charge in [-0.25, -0.2) is 4.79 Å². The number of benzene rings is 3. The third kappa shape index (κ3) is 5.85. The van der Waals surface area contributed by atoms with E-state index in [4.69, 9.17) is 15.2 Å². The number of carbonyl (C=O) groups excluding carboxylic acids is 2. The van der Waals surface area contributed by atoms with Gasteiger partial charge in [-0.15, -0.1) is 0 Å². The second kappa shape index (κ2) is 12.7. The van der Waals surface area contributed by atoms with Crippen LogP contribution in [0.5, 0.6) is 0 Å². The molecule has 0 spiro atoms. The van der Waals surface area contributed by atoms with Crippen LogP contribution >= 0.6 is 0 Å². The average Bonchev–Trinajstić information content (AvgIpc) is 3.73. The molecule has 234 valence electrons. The van der Waals surface area contributed by atoms with E-state index < -0.39 is 6.09 Å². The number of nitrogens with two attached hydrogens (primary N) is 1. The summed E-state index contributed by atoms with van der Waals surface area (Å²) in [5, 5.41) is 1.14. The molecule has 2 amide bonds. The Bertz CT molecular complexity index is 1630. The number of carbonyl (C=O) groups is 2. The molecule has 3 N–H and O–H groups in total. The Labute approximate surface area is 264 Å². The molecule has 1 saturated carbocycles. The number of methoxy groups -OCH3 is 1. The summed E-state index contributed by atoms with van der Waals surface area (Å²) in [6.07, 6.45) is 5.82. The Balaban J connectivity index is 1.09. The molecule has 7 rings (SSSR count). The van der Waals surface area contributed by atoms with Gasteiger partial charge in [0.1, 0.15) is 6.61 Å². The molecule has 8 heteroatoms. The Kier molecular flexibility index (Phi) is 8.34. The van der Waals surface area contributed by atoms with Gasteiger partial charge in [-0.05, 0) is 66.0 Å². The maximum Gasteiger partial charge on any atom is 0.409 e. The van der Waals surface area contributed by atoms with Crippen LogP contribution in [0.2, 0.25) is 0 Å². The lowest BCUT2D eigenvalue weighted by Crippen LogP contribution is -2.54. The maximum absolute atomic E-state index is 14.5. The quantitative estimate of drug-likeness (QED) is 0.209. The van der Waals surface area contributed by atoms with E-state index in [1.54, 1.807) is 12.0 Å². The van der Waals surface area contributed by atoms with Crippen molar-refractivity contribution in [2.24, 2.45) is 11.7 Å². The van der Waals surface area contributed by atoms with E-state index >= 15 is 0 Å². The number of piperidine rings is 1. The van der Waals surface area contributed by atoms with Gasteiger partial charge >= 0.3 is 6.09 Å². The second-order valence-corrected chi connectivity index (χ2v) is 12.8. The molecule has 3 aromatic carbocycles. The highest BCUT2D eigenvalue weighted by atomic mass is 16.6. The van der Waals surface area contributed by atoms with Crippen LogP contribution in [0, 0.1) is 5.92 Å². The fourth-order valence-corrected chi connectivity index (χ4v) is 7.54. The summed E-state index contributed by atoms with van der Waals surface area (Å²) in [5.74, 6) is -0.326. The average molecular weight is 607 g/mol. The summed E-state index contributed by atoms with van der Waals surface area (Å²) >= 11 is 0. The lowest BCUT2D eigenvalue weighted by Gasteiger charge is -2.40. The number of likely N-dealkylation sites (tertiary alicyclic amines) is 1. The predicted octanol–water partition coefficient (Wildman–Crippen LogP) is 6.22. The summed E-state index contributed by atoms with van der Waals surface area (Å²) in [7, 11) is 1.71. The van der Waals surface area contributed by atoms with Crippen LogP contribution in [0.3, 0.4) is 0 Å². The van der Waals surface area contributed by atoms with Gasteiger partial charge in [0.25, 0.3) is 0 Å². The number of nitrogens with zero attached hydrogens (tertiary/aromatic N) is 2. The number of ether oxygens (including phenoxy) is 2. The Morgan fingerprint density at radius 2 is 1.67 bits per heavy atom. The van der Waals surface area contributed by atoms with Gasteiger partial charge in [0.05, 0.1) is 12.0 Å². The Hall–Kier alpha value is -4.14. The number of H-pyrrole nitrogens is 1. The molecule has 45 heavy (non-hydrogen) atoms. The number of aromatic amines is 1. The van der Waals surface area contributed by atoms with E-state index in [1.165, 1.54) is 22.3 Å². The van der Waals surface area contributed by atoms with Crippen molar-refractivity contribution < 1.29 is 19.1 Å². The highest BCUT2D eigenvalue weighted by Crippen LogP contribution is 2.45. The molecule has 1 saturated heterocycles. The third-order valence-corrected chi connectivity index (χ3v) is 9.76. The molecular weight excluding hydrogens is 564 g/mol. The number of amides is 2. The largest absolute Gasteiger partial charge is 0.448 e. The van der Waals surface area contributed by atoms with Gasteiger partial charge in [-0.3, -0.25) is 4.79 Å². The van der Waals surface area contributed by atoms with Crippen molar-refractivity contribution in [1.29, 1.82) is 0 Å². The van der Waals surface area contributed by atoms with Crippen molar-refractivity contribution in [2.45, 2.75) is 56.1 Å². The zero-order valence-corrected chi connectivity index (χ0v) is 25.9. The smallest absolute Gasteiger partial charge is 0.409 e. The van der Waals surface area contributed by atoms with E-state index in [0.29, 0.717) is 26.1 Å². The van der Waals surface area contributed by atoms with Crippen LogP contribution in [0.4, 0.5) is 4.79 Å². The molecule has 0 bridgehead atoms. The number of hydrogen-bond donors (Lipinski definition) is 2. The zero-order chi connectivity index (χ0) is 30.9. The van der Waals surface area contributed by atoms with Crippen molar-refractivity contribution in [2.75, 3.05) is 33.4 Å². The molecule has 1 aliphatic heterocycles. The van der Waals surface area contributed by atoms with Crippen LogP contribution in [-0.4, -0.2) is 72.3 Å². The van der Waals surface area contributed by atoms with Gasteiger partial charge in [0, 0.05) is 61.9 Å². The van der Waals surface area contributed by atoms with Crippen LogP contribution < -0.4 is 5.73 Å². The SMILES string of the molecule is COCCCC(c1c[nH]c2ccccc12)N(C(=O)[C@@H]1C[C@H](N)CN(C(=O)OCC2c3ccccc3-c3ccccc32)C1)C1CC1. The summed E-state index contributed by atoms with van der Waals surface area (Å²) < 4.78 is 11.4. The van der Waals surface area contributed by atoms with E-state index in [9.17, 15) is 9.59 Å². The number of aromatic nitrogens is 1. The van der Waals surface area contributed by atoms with Crippen molar-refractivity contribution >= 4 is 22.9 Å². The minimum atomic E-state index is -0.406. The summed E-state index contributed by atoms with van der Waals surface area (Å²) in [6.45, 7) is 1.57. The minimum Gasteiger partial charge on any atom is -0.448 e. The van der Waals surface area contributed by atoms with Crippen LogP contribution in [-0.2, 0) is 14.3 Å². The minimum absolute atomic E-state index is 0.0216. The monoisotopic (exact) mass is 606 g/mol. The molecule has 2 fully saturated rings. The molecule has 0 radical (unpaired) electrons. The van der Waals surface area contributed by atoms with Gasteiger partial charge in [0.15, 0.2) is 0 Å². The molecule has 2 heterocycles. The molecule has 4 aromatic rings. The number of para-hydroxylation sites is 1. The van der Waals surface area contributed by atoms with Crippen molar-refractivity contribution in [3.8, 4) is 11.1 Å². The van der Waals surface area contributed by atoms with Crippen molar-refractivity contribution in [3.05, 3.63) is 95.7 Å². The first kappa shape index (κ1) is 29.6. The van der Waals surface area contributed by atoms with Gasteiger partial charge in [0.2, 0.25) is 5.91 Å². The number of hydrogen-bond acceptors (Lipinski definition) is 5. The summed E-state index contributed by atoms with van der Waals surface area (Å²) in [5.41, 5.74) is 13.5. The maximum atomic E-state index is 14.5. The number of rotatable bonds is 10. The topological polar surface area (TPSA) is 101 Å². The van der Waals surface area contributed by atoms with E-state index in [-0.39, 0.29) is 42.5 Å². The fourth-order valence-electron chi connectivity index (χ4n) is 7.54. The standard InChI is InChI=1S/C37H42N4O4/c1-44-18-8-15-35(32-20-39-34-14-7-6-13-31(32)34)41(26-16-17-26)36(42)24-19-25(38)22-40(21-24)37(43)45-23-33-29-11-4-2-9-27(29)28-10-3-5-12-30(28)33/h2-7,9-14,20,24-26,33,35,39H,8,15-19,21-23,38H2,1H3/t24-,25+,35?/m1/s1. The lowest BCUT2D eigenvalue weighted by molar-refractivity contribution is -0.141. The lowest BCUT2D eigenvalue weighted by atomic mass is 9.91. The zero-order valence-electron chi connectivity index (χ0n) is 25.9. The van der Waals surface area contributed by atoms with Gasteiger partial charge in [-0.1, -0.05) is 66.7 Å². The number of nitrogens with one attached hydrogen (secondary N) is 1. The van der Waals surface area contributed by atoms with Crippen LogP contribution in [0.15, 0.2) is 79.0 Å². The Morgan fingerprint density at radius 1 is 0.978 bits per heavy atom. The predicted molar refractivity (Wildman–Crippen MR) is 175 cm³/mol. The molecule has 3 aliphatic rings. The van der Waals surface area contributed by atoms with Gasteiger partial charge in [-0.2, -0.15) is 0 Å². The van der Waals surface area contributed by atoms with Crippen LogP contribution in [0.1, 0.15) is 60.8 Å². The molecule has 1 aromatic heterocycles. The molecule has 8 nitrogen and oxygen atoms in total. The normalized spacial score (nSPS) is 20.1. The Morgan fingerprint density at radius 3 is 2.38 bits per heavy atom. The third-order valence-electron chi connectivity index (χ3n) is 9.76. The van der Waals surface area contributed by atoms with E-state index in [2.05, 4.69) is 52.5 Å². The number of fused-ring (bicyclic) bond motifs is 4. The van der Waals surface area contributed by atoms with Gasteiger partial charge < -0.3 is 30.0 Å². The highest BCUT2D eigenvalue weighted by Gasteiger charge is 2.43. The highest BCUT2D eigenvalue weighted by molar-refractivity contribution is 5.86. The summed E-state index contributed by atoms with van der Waals surface area (Å²) in [6, 6.07) is 24.7. The second-order valence-electron chi connectivity index (χ2n) is 12.8. The molecule has 3 atom stereocenters. The first-order valence-corrected chi connectivity index (χ1v) is 16.3. The van der Waals surface area contributed by atoms with E-state index in [0.717, 1.165) is 42.1 Å². The summed E-state index contributed by atoms with van der Waals surface area (Å²) in [4.78, 5) is 35.2. The molecule has 1 unspecified atom stereocenters. The molecule has 2 aliphatic carbocycles. The first-order chi connectivity index (χ1) is 22.0. The van der Waals surface area contributed by atoms with E-state index in [1.807, 2.05) is 36.4 Å².